The largest absolute Gasteiger partial charge is 0.340 e. The zero-order valence-corrected chi connectivity index (χ0v) is 19.6. The number of nitro groups is 1. The molecule has 0 radical (unpaired) electrons. The Kier molecular flexibility index (Phi) is 6.55. The van der Waals surface area contributed by atoms with E-state index in [9.17, 15) is 18.5 Å². The lowest BCUT2D eigenvalue weighted by Gasteiger charge is -2.11. The first-order chi connectivity index (χ1) is 16.7. The van der Waals surface area contributed by atoms with Crippen molar-refractivity contribution in [1.29, 1.82) is 0 Å². The number of aryl methyl sites for hydroxylation is 2. The Bertz CT molecular complexity index is 1490. The van der Waals surface area contributed by atoms with Crippen molar-refractivity contribution < 1.29 is 13.3 Å². The molecule has 0 atom stereocenters. The van der Waals surface area contributed by atoms with E-state index >= 15 is 0 Å². The van der Waals surface area contributed by atoms with Gasteiger partial charge in [-0.1, -0.05) is 6.07 Å². The van der Waals surface area contributed by atoms with E-state index in [1.54, 1.807) is 43.5 Å². The van der Waals surface area contributed by atoms with Crippen molar-refractivity contribution >= 4 is 44.5 Å². The van der Waals surface area contributed by atoms with E-state index in [0.717, 1.165) is 11.6 Å². The van der Waals surface area contributed by atoms with Crippen LogP contribution in [0.1, 0.15) is 11.4 Å². The Morgan fingerprint density at radius 1 is 0.829 bits per heavy atom. The summed E-state index contributed by atoms with van der Waals surface area (Å²) in [6.45, 7) is 3.74. The highest BCUT2D eigenvalue weighted by Gasteiger charge is 2.17. The van der Waals surface area contributed by atoms with E-state index < -0.39 is 14.9 Å². The topological polar surface area (TPSA) is 152 Å². The highest BCUT2D eigenvalue weighted by atomic mass is 32.2. The van der Waals surface area contributed by atoms with Crippen molar-refractivity contribution in [2.24, 2.45) is 0 Å². The molecule has 0 fully saturated rings. The van der Waals surface area contributed by atoms with Crippen LogP contribution in [-0.2, 0) is 10.0 Å². The number of pyridine rings is 1. The molecule has 178 valence electrons. The smallest absolute Gasteiger partial charge is 0.270 e. The molecule has 2 aromatic heterocycles. The number of sulfonamides is 1. The molecule has 0 saturated carbocycles. The Labute approximate surface area is 201 Å². The molecule has 2 aromatic carbocycles. The summed E-state index contributed by atoms with van der Waals surface area (Å²) in [7, 11) is -3.99. The van der Waals surface area contributed by atoms with Crippen LogP contribution >= 0.6 is 0 Å². The van der Waals surface area contributed by atoms with Crippen LogP contribution < -0.4 is 15.4 Å². The van der Waals surface area contributed by atoms with Crippen LogP contribution in [0.15, 0.2) is 77.8 Å². The summed E-state index contributed by atoms with van der Waals surface area (Å²) in [4.78, 5) is 23.1. The Hall–Kier alpha value is -4.58. The molecule has 0 unspecified atom stereocenters. The van der Waals surface area contributed by atoms with Gasteiger partial charge in [0, 0.05) is 35.8 Å². The highest BCUT2D eigenvalue weighted by Crippen LogP contribution is 2.24. The quantitative estimate of drug-likeness (QED) is 0.235. The van der Waals surface area contributed by atoms with Gasteiger partial charge < -0.3 is 10.6 Å². The number of benzene rings is 2. The monoisotopic (exact) mass is 491 g/mol. The predicted molar refractivity (Wildman–Crippen MR) is 133 cm³/mol. The molecule has 0 aliphatic rings. The van der Waals surface area contributed by atoms with Gasteiger partial charge in [0.2, 0.25) is 0 Å². The fourth-order valence-electron chi connectivity index (χ4n) is 3.18. The van der Waals surface area contributed by atoms with Gasteiger partial charge in [-0.15, -0.1) is 0 Å². The number of hydrogen-bond acceptors (Lipinski definition) is 9. The second-order valence-corrected chi connectivity index (χ2v) is 9.27. The molecule has 0 spiro atoms. The van der Waals surface area contributed by atoms with Crippen molar-refractivity contribution in [2.45, 2.75) is 18.7 Å². The van der Waals surface area contributed by atoms with Crippen LogP contribution in [0.3, 0.4) is 0 Å². The van der Waals surface area contributed by atoms with Gasteiger partial charge in [-0.2, -0.15) is 0 Å². The van der Waals surface area contributed by atoms with Crippen LogP contribution in [0.25, 0.3) is 0 Å². The standard InChI is InChI=1S/C23H21N7O4S/c1-15-10-11-24-21(12-15)28-23-14-22(25-16(2)26-23)27-17-6-8-18(9-7-17)29-35(33,34)20-5-3-4-19(13-20)30(31)32/h3-14,29H,1-2H3,(H2,24,25,26,27,28). The minimum Gasteiger partial charge on any atom is -0.340 e. The Morgan fingerprint density at radius 2 is 1.51 bits per heavy atom. The molecular weight excluding hydrogens is 470 g/mol. The third kappa shape index (κ3) is 6.06. The molecular formula is C23H21N7O4S. The zero-order chi connectivity index (χ0) is 25.0. The SMILES string of the molecule is Cc1ccnc(Nc2cc(Nc3ccc(NS(=O)(=O)c4cccc([N+](=O)[O-])c4)cc3)nc(C)n2)c1. The van der Waals surface area contributed by atoms with E-state index in [1.807, 2.05) is 19.1 Å². The molecule has 4 rings (SSSR count). The van der Waals surface area contributed by atoms with Crippen LogP contribution in [0.4, 0.5) is 34.5 Å². The van der Waals surface area contributed by atoms with E-state index in [2.05, 4.69) is 30.3 Å². The molecule has 0 saturated heterocycles. The highest BCUT2D eigenvalue weighted by molar-refractivity contribution is 7.92. The number of non-ortho nitro benzene ring substituents is 1. The maximum absolute atomic E-state index is 12.6. The summed E-state index contributed by atoms with van der Waals surface area (Å²) < 4.78 is 27.7. The summed E-state index contributed by atoms with van der Waals surface area (Å²) in [5.74, 6) is 2.32. The molecule has 0 amide bonds. The van der Waals surface area contributed by atoms with Crippen molar-refractivity contribution in [3.8, 4) is 0 Å². The lowest BCUT2D eigenvalue weighted by atomic mass is 10.3. The second kappa shape index (κ2) is 9.73. The molecule has 12 heteroatoms. The van der Waals surface area contributed by atoms with Crippen molar-refractivity contribution in [3.05, 3.63) is 94.4 Å². The van der Waals surface area contributed by atoms with E-state index in [1.165, 1.54) is 18.2 Å². The first kappa shape index (κ1) is 23.6. The van der Waals surface area contributed by atoms with Crippen LogP contribution in [0.2, 0.25) is 0 Å². The number of hydrogen-bond donors (Lipinski definition) is 3. The van der Waals surface area contributed by atoms with Gasteiger partial charge >= 0.3 is 0 Å². The summed E-state index contributed by atoms with van der Waals surface area (Å²) in [5, 5.41) is 17.3. The van der Waals surface area contributed by atoms with Gasteiger partial charge in [0.25, 0.3) is 15.7 Å². The van der Waals surface area contributed by atoms with Gasteiger partial charge in [0.1, 0.15) is 23.3 Å². The first-order valence-electron chi connectivity index (χ1n) is 10.4. The minimum atomic E-state index is -3.99. The van der Waals surface area contributed by atoms with Gasteiger partial charge in [-0.3, -0.25) is 14.8 Å². The average molecular weight is 492 g/mol. The first-order valence-corrected chi connectivity index (χ1v) is 11.9. The average Bonchev–Trinajstić information content (AvgIpc) is 2.80. The fourth-order valence-corrected chi connectivity index (χ4v) is 4.28. The van der Waals surface area contributed by atoms with Crippen molar-refractivity contribution in [3.63, 3.8) is 0 Å². The number of nitro benzene ring substituents is 1. The molecule has 0 aliphatic heterocycles. The zero-order valence-electron chi connectivity index (χ0n) is 18.8. The number of nitrogens with one attached hydrogen (secondary N) is 3. The summed E-state index contributed by atoms with van der Waals surface area (Å²) in [5.41, 5.74) is 1.72. The second-order valence-electron chi connectivity index (χ2n) is 7.59. The summed E-state index contributed by atoms with van der Waals surface area (Å²) in [6.07, 6.45) is 1.71. The maximum atomic E-state index is 12.6. The van der Waals surface area contributed by atoms with E-state index in [0.29, 0.717) is 34.7 Å². The number of anilines is 5. The maximum Gasteiger partial charge on any atom is 0.270 e. The number of nitrogens with zero attached hydrogens (tertiary/aromatic N) is 4. The molecule has 2 heterocycles. The third-order valence-corrected chi connectivity index (χ3v) is 6.14. The third-order valence-electron chi connectivity index (χ3n) is 4.76. The van der Waals surface area contributed by atoms with E-state index in [4.69, 9.17) is 0 Å². The van der Waals surface area contributed by atoms with Gasteiger partial charge in [-0.25, -0.2) is 23.4 Å². The Morgan fingerprint density at radius 3 is 2.20 bits per heavy atom. The van der Waals surface area contributed by atoms with E-state index in [-0.39, 0.29) is 10.6 Å². The van der Waals surface area contributed by atoms with Crippen molar-refractivity contribution in [2.75, 3.05) is 15.4 Å². The lowest BCUT2D eigenvalue weighted by Crippen LogP contribution is -2.13. The molecule has 35 heavy (non-hydrogen) atoms. The number of rotatable bonds is 8. The number of aromatic nitrogens is 3. The molecule has 0 bridgehead atoms. The fraction of sp³-hybridized carbons (Fsp3) is 0.0870. The van der Waals surface area contributed by atoms with Crippen LogP contribution in [0.5, 0.6) is 0 Å². The molecule has 3 N–H and O–H groups in total. The molecule has 11 nitrogen and oxygen atoms in total. The van der Waals surface area contributed by atoms with Gasteiger partial charge in [0.05, 0.1) is 9.82 Å². The van der Waals surface area contributed by atoms with Crippen LogP contribution in [-0.4, -0.2) is 28.3 Å². The Balaban J connectivity index is 1.47. The molecule has 0 aliphatic carbocycles. The normalized spacial score (nSPS) is 11.0. The summed E-state index contributed by atoms with van der Waals surface area (Å²) in [6, 6.07) is 16.9. The van der Waals surface area contributed by atoms with Crippen LogP contribution in [0, 0.1) is 24.0 Å². The predicted octanol–water partition coefficient (Wildman–Crippen LogP) is 4.68. The minimum absolute atomic E-state index is 0.200. The summed E-state index contributed by atoms with van der Waals surface area (Å²) >= 11 is 0. The van der Waals surface area contributed by atoms with Crippen molar-refractivity contribution in [1.82, 2.24) is 15.0 Å². The lowest BCUT2D eigenvalue weighted by molar-refractivity contribution is -0.385. The van der Waals surface area contributed by atoms with Gasteiger partial charge in [-0.05, 0) is 61.9 Å². The van der Waals surface area contributed by atoms with Gasteiger partial charge in [0.15, 0.2) is 0 Å². The molecule has 4 aromatic rings.